The van der Waals surface area contributed by atoms with Gasteiger partial charge in [0.15, 0.2) is 0 Å². The van der Waals surface area contributed by atoms with Gasteiger partial charge in [0.2, 0.25) is 0 Å². The first-order chi connectivity index (χ1) is 22.2. The summed E-state index contributed by atoms with van der Waals surface area (Å²) in [6.45, 7) is 2.06. The van der Waals surface area contributed by atoms with E-state index in [0.29, 0.717) is 6.04 Å². The van der Waals surface area contributed by atoms with Crippen LogP contribution in [0.15, 0.2) is 121 Å². The van der Waals surface area contributed by atoms with Crippen molar-refractivity contribution in [2.24, 2.45) is 11.5 Å². The summed E-state index contributed by atoms with van der Waals surface area (Å²) >= 11 is 0. The quantitative estimate of drug-likeness (QED) is 0.119. The third-order valence-corrected chi connectivity index (χ3v) is 7.05. The van der Waals surface area contributed by atoms with Crippen LogP contribution in [0.1, 0.15) is 56.7 Å². The number of benzene rings is 4. The fourth-order valence-corrected chi connectivity index (χ4v) is 4.47. The Morgan fingerprint density at radius 3 is 1.13 bits per heavy atom. The van der Waals surface area contributed by atoms with Crippen LogP contribution in [-0.2, 0) is 0 Å². The van der Waals surface area contributed by atoms with Crippen LogP contribution in [0.25, 0.3) is 0 Å². The Labute approximate surface area is 288 Å². The van der Waals surface area contributed by atoms with Gasteiger partial charge in [0, 0.05) is 28.0 Å². The predicted octanol–water partition coefficient (Wildman–Crippen LogP) is 5.50. The van der Waals surface area contributed by atoms with E-state index in [-0.39, 0.29) is 41.6 Å². The number of hydrogen-bond acceptors (Lipinski definition) is 8. The van der Waals surface area contributed by atoms with Gasteiger partial charge >= 0.3 is 0 Å². The third kappa shape index (κ3) is 19.1. The van der Waals surface area contributed by atoms with Crippen LogP contribution >= 0.6 is 0 Å². The summed E-state index contributed by atoms with van der Waals surface area (Å²) < 4.78 is 0. The first-order valence-electron chi connectivity index (χ1n) is 15.7. The highest BCUT2D eigenvalue weighted by Gasteiger charge is 2.09. The highest BCUT2D eigenvalue weighted by Crippen LogP contribution is 2.12. The maximum atomic E-state index is 8.92. The molecule has 4 aromatic rings. The molecule has 0 heterocycles. The first kappa shape index (κ1) is 43.6. The maximum Gasteiger partial charge on any atom is 0.0626 e. The van der Waals surface area contributed by atoms with E-state index in [9.17, 15) is 0 Å². The molecule has 47 heavy (non-hydrogen) atoms. The minimum absolute atomic E-state index is 0. The number of nitrogens with one attached hydrogen (secondary N) is 2. The summed E-state index contributed by atoms with van der Waals surface area (Å²) in [6.07, 6.45) is 0. The van der Waals surface area contributed by atoms with Crippen molar-refractivity contribution in [3.8, 4) is 0 Å². The lowest BCUT2D eigenvalue weighted by Crippen LogP contribution is -2.28. The topological polar surface area (TPSA) is 123 Å². The zero-order valence-corrected chi connectivity index (χ0v) is 28.6. The third-order valence-electron chi connectivity index (χ3n) is 7.05. The van der Waals surface area contributed by atoms with E-state index < -0.39 is 0 Å². The van der Waals surface area contributed by atoms with E-state index >= 15 is 0 Å². The molecule has 0 aromatic heterocycles. The average Bonchev–Trinajstić information content (AvgIpc) is 3.09. The van der Waals surface area contributed by atoms with Gasteiger partial charge in [-0.1, -0.05) is 129 Å². The molecule has 4 rings (SSSR count). The Kier molecular flexibility index (Phi) is 24.7. The number of likely N-dealkylation sites (N-methyl/N-ethyl adjacent to an activating group) is 4. The largest absolute Gasteiger partial charge is 0.394 e. The lowest BCUT2D eigenvalue weighted by molar-refractivity contribution is 0.251. The Morgan fingerprint density at radius 2 is 0.830 bits per heavy atom. The van der Waals surface area contributed by atoms with Crippen molar-refractivity contribution in [3.63, 3.8) is 0 Å². The van der Waals surface area contributed by atoms with Gasteiger partial charge in [0.25, 0.3) is 0 Å². The van der Waals surface area contributed by atoms with Crippen molar-refractivity contribution in [3.05, 3.63) is 144 Å². The molecule has 0 spiro atoms. The van der Waals surface area contributed by atoms with Crippen molar-refractivity contribution in [2.75, 3.05) is 68.6 Å². The highest BCUT2D eigenvalue weighted by molar-refractivity contribution is 5.21. The van der Waals surface area contributed by atoms with E-state index in [1.165, 1.54) is 11.1 Å². The van der Waals surface area contributed by atoms with Gasteiger partial charge in [-0.25, -0.2) is 0 Å². The lowest BCUT2D eigenvalue weighted by Gasteiger charge is -2.20. The summed E-state index contributed by atoms with van der Waals surface area (Å²) in [5, 5.41) is 23.9. The summed E-state index contributed by atoms with van der Waals surface area (Å²) in [6, 6.07) is 40.5. The Balaban J connectivity index is -0.000000566. The second kappa shape index (κ2) is 26.6. The molecule has 0 aliphatic rings. The van der Waals surface area contributed by atoms with Gasteiger partial charge < -0.3 is 42.1 Å². The molecule has 4 aromatic carbocycles. The van der Waals surface area contributed by atoms with Gasteiger partial charge in [0.1, 0.15) is 0 Å². The van der Waals surface area contributed by atoms with E-state index in [4.69, 9.17) is 21.7 Å². The number of nitrogens with zero attached hydrogens (tertiary/aromatic N) is 2. The molecule has 0 fully saturated rings. The monoisotopic (exact) mass is 651 g/mol. The fraction of sp³-hybridized carbons (Fsp3) is 0.385. The summed E-state index contributed by atoms with van der Waals surface area (Å²) in [7, 11) is 12.1. The molecule has 0 saturated heterocycles. The molecule has 4 atom stereocenters. The zero-order valence-electron chi connectivity index (χ0n) is 28.6. The van der Waals surface area contributed by atoms with Crippen molar-refractivity contribution >= 4 is 0 Å². The minimum atomic E-state index is -0.235. The van der Waals surface area contributed by atoms with Crippen LogP contribution < -0.4 is 22.1 Å². The lowest BCUT2D eigenvalue weighted by atomic mass is 10.1. The van der Waals surface area contributed by atoms with Gasteiger partial charge in [0.05, 0.1) is 25.3 Å². The van der Waals surface area contributed by atoms with Gasteiger partial charge in [-0.2, -0.15) is 0 Å². The van der Waals surface area contributed by atoms with Gasteiger partial charge in [-0.15, -0.1) is 0 Å². The molecular formula is C39H66N6O2. The molecule has 8 N–H and O–H groups in total. The highest BCUT2D eigenvalue weighted by atomic mass is 16.3. The Morgan fingerprint density at radius 1 is 0.511 bits per heavy atom. The smallest absolute Gasteiger partial charge is 0.0626 e. The number of aliphatic hydroxyl groups excluding tert-OH is 2. The van der Waals surface area contributed by atoms with Crippen molar-refractivity contribution in [1.82, 2.24) is 20.4 Å². The van der Waals surface area contributed by atoms with E-state index in [1.807, 2.05) is 113 Å². The van der Waals surface area contributed by atoms with Crippen molar-refractivity contribution in [2.45, 2.75) is 31.6 Å². The molecule has 0 aliphatic heterocycles. The van der Waals surface area contributed by atoms with Crippen LogP contribution in [0.4, 0.5) is 0 Å². The SMILES string of the molecule is C.CN(C)C[C@H](N)c1ccccc1.CN[C@@H](CN(C)C)c1ccccc1.CN[C@@H](CO)c1ccccc1.N[C@@H](CO)c1ccccc1.[HH].[HH]. The van der Waals surface area contributed by atoms with Crippen LogP contribution in [0, 0.1) is 0 Å². The Hall–Kier alpha value is -3.44. The molecule has 8 heteroatoms. The summed E-state index contributed by atoms with van der Waals surface area (Å²) in [5.74, 6) is 0. The van der Waals surface area contributed by atoms with Crippen molar-refractivity contribution in [1.29, 1.82) is 0 Å². The molecule has 0 bridgehead atoms. The normalized spacial score (nSPS) is 12.9. The van der Waals surface area contributed by atoms with Crippen LogP contribution in [0.2, 0.25) is 0 Å². The van der Waals surface area contributed by atoms with Crippen LogP contribution in [-0.4, -0.2) is 88.6 Å². The van der Waals surface area contributed by atoms with Crippen molar-refractivity contribution < 1.29 is 13.1 Å². The summed E-state index contributed by atoms with van der Waals surface area (Å²) in [5.41, 5.74) is 16.1. The van der Waals surface area contributed by atoms with E-state index in [2.05, 4.69) is 70.9 Å². The van der Waals surface area contributed by atoms with Crippen LogP contribution in [0.3, 0.4) is 0 Å². The Bertz CT molecular complexity index is 1240. The molecular weight excluding hydrogens is 584 g/mol. The molecule has 0 radical (unpaired) electrons. The number of rotatable bonds is 12. The number of aliphatic hydroxyl groups is 2. The average molecular weight is 651 g/mol. The minimum Gasteiger partial charge on any atom is -0.394 e. The van der Waals surface area contributed by atoms with E-state index in [0.717, 1.165) is 24.2 Å². The van der Waals surface area contributed by atoms with Crippen LogP contribution in [0.5, 0.6) is 0 Å². The standard InChI is InChI=1S/C11H18N2.C10H16N2.C9H13NO.C8H11NO.CH4.2H2/c1-12-11(9-13(2)3)10-7-5-4-6-8-10;1-12(2)8-10(11)9-6-4-3-5-7-9;1-10-9(7-11)8-5-3-2-4-6-8;9-8(6-10)7-4-2-1-3-5-7;;;/h4-8,11-12H,9H2,1-3H3;3-7,10H,8,11H2,1-2H3;2-6,9-11H,7H2,1H3;1-5,8,10H,6,9H2;1H4;2*1H/t11-;10-;9-;8-;;;/m0000.../s1. The maximum absolute atomic E-state index is 8.92. The number of hydrogen-bond donors (Lipinski definition) is 6. The molecule has 0 aliphatic carbocycles. The predicted molar refractivity (Wildman–Crippen MR) is 205 cm³/mol. The molecule has 0 amide bonds. The summed E-state index contributed by atoms with van der Waals surface area (Å²) in [4.78, 5) is 4.28. The molecule has 8 nitrogen and oxygen atoms in total. The first-order valence-corrected chi connectivity index (χ1v) is 15.7. The number of nitrogens with two attached hydrogens (primary N) is 2. The van der Waals surface area contributed by atoms with Gasteiger partial charge in [-0.3, -0.25) is 0 Å². The molecule has 264 valence electrons. The second-order valence-corrected chi connectivity index (χ2v) is 11.4. The second-order valence-electron chi connectivity index (χ2n) is 11.4. The van der Waals surface area contributed by atoms with Gasteiger partial charge in [-0.05, 0) is 64.5 Å². The molecule has 0 unspecified atom stereocenters. The zero-order chi connectivity index (χ0) is 34.2. The van der Waals surface area contributed by atoms with E-state index in [1.54, 1.807) is 0 Å². The molecule has 0 saturated carbocycles. The fourth-order valence-electron chi connectivity index (χ4n) is 4.47.